The highest BCUT2D eigenvalue weighted by atomic mass is 16.6. The Hall–Kier alpha value is -2.57. The number of hydrogen-bond donors (Lipinski definition) is 2. The molecule has 22 heavy (non-hydrogen) atoms. The van der Waals surface area contributed by atoms with Gasteiger partial charge in [-0.1, -0.05) is 30.3 Å². The van der Waals surface area contributed by atoms with Crippen LogP contribution in [0.25, 0.3) is 0 Å². The zero-order valence-electron chi connectivity index (χ0n) is 11.8. The van der Waals surface area contributed by atoms with Gasteiger partial charge in [-0.25, -0.2) is 14.4 Å². The fourth-order valence-electron chi connectivity index (χ4n) is 2.53. The number of hydrogen-bond acceptors (Lipinski definition) is 4. The number of benzene rings is 1. The highest BCUT2D eigenvalue weighted by Crippen LogP contribution is 2.25. The van der Waals surface area contributed by atoms with Gasteiger partial charge in [-0.3, -0.25) is 4.90 Å². The Labute approximate surface area is 127 Å². The quantitative estimate of drug-likeness (QED) is 0.877. The molecule has 0 aliphatic carbocycles. The zero-order chi connectivity index (χ0) is 16.1. The predicted octanol–water partition coefficient (Wildman–Crippen LogP) is 1.72. The molecule has 1 saturated heterocycles. The smallest absolute Gasteiger partial charge is 0.411 e. The minimum atomic E-state index is -1.22. The number of aliphatic carboxylic acids is 2. The average molecular weight is 307 g/mol. The van der Waals surface area contributed by atoms with Crippen LogP contribution in [0, 0.1) is 0 Å². The zero-order valence-corrected chi connectivity index (χ0v) is 11.8. The van der Waals surface area contributed by atoms with Crippen molar-refractivity contribution in [3.63, 3.8) is 0 Å². The second kappa shape index (κ2) is 6.93. The Bertz CT molecular complexity index is 536. The van der Waals surface area contributed by atoms with Gasteiger partial charge in [-0.2, -0.15) is 0 Å². The number of amides is 1. The van der Waals surface area contributed by atoms with E-state index in [0.29, 0.717) is 6.42 Å². The van der Waals surface area contributed by atoms with Crippen molar-refractivity contribution < 1.29 is 29.3 Å². The van der Waals surface area contributed by atoms with Crippen LogP contribution in [-0.4, -0.2) is 45.2 Å². The maximum atomic E-state index is 12.2. The fraction of sp³-hybridized carbons (Fsp3) is 0.400. The van der Waals surface area contributed by atoms with Crippen molar-refractivity contribution in [1.82, 2.24) is 4.90 Å². The Kier molecular flexibility index (Phi) is 4.98. The van der Waals surface area contributed by atoms with Crippen LogP contribution < -0.4 is 0 Å². The van der Waals surface area contributed by atoms with Crippen molar-refractivity contribution in [2.24, 2.45) is 0 Å². The Morgan fingerprint density at radius 3 is 2.09 bits per heavy atom. The van der Waals surface area contributed by atoms with Gasteiger partial charge in [-0.15, -0.1) is 0 Å². The van der Waals surface area contributed by atoms with E-state index in [0.717, 1.165) is 10.5 Å². The summed E-state index contributed by atoms with van der Waals surface area (Å²) in [7, 11) is 0. The first-order valence-corrected chi connectivity index (χ1v) is 6.95. The summed E-state index contributed by atoms with van der Waals surface area (Å²) in [4.78, 5) is 35.5. The molecule has 2 N–H and O–H groups in total. The Morgan fingerprint density at radius 2 is 1.59 bits per heavy atom. The summed E-state index contributed by atoms with van der Waals surface area (Å²) in [5, 5.41) is 18.4. The van der Waals surface area contributed by atoms with Crippen molar-refractivity contribution in [2.75, 3.05) is 0 Å². The number of carboxylic acids is 2. The topological polar surface area (TPSA) is 104 Å². The van der Waals surface area contributed by atoms with Crippen molar-refractivity contribution in [3.8, 4) is 0 Å². The van der Waals surface area contributed by atoms with Gasteiger partial charge in [0.25, 0.3) is 0 Å². The first kappa shape index (κ1) is 15.8. The molecule has 7 nitrogen and oxygen atoms in total. The Balaban J connectivity index is 2.11. The lowest BCUT2D eigenvalue weighted by molar-refractivity contribution is -0.152. The van der Waals surface area contributed by atoms with Gasteiger partial charge in [0.2, 0.25) is 0 Å². The maximum absolute atomic E-state index is 12.2. The number of ether oxygens (including phenoxy) is 1. The lowest BCUT2D eigenvalue weighted by Crippen LogP contribution is -2.56. The van der Waals surface area contributed by atoms with Crippen molar-refractivity contribution in [1.29, 1.82) is 0 Å². The van der Waals surface area contributed by atoms with Crippen LogP contribution in [0.1, 0.15) is 24.8 Å². The summed E-state index contributed by atoms with van der Waals surface area (Å²) < 4.78 is 5.09. The molecule has 0 bridgehead atoms. The van der Waals surface area contributed by atoms with E-state index >= 15 is 0 Å². The normalized spacial score (nSPS) is 21.2. The van der Waals surface area contributed by atoms with Gasteiger partial charge >= 0.3 is 18.0 Å². The van der Waals surface area contributed by atoms with Crippen LogP contribution in [0.2, 0.25) is 0 Å². The van der Waals surface area contributed by atoms with Gasteiger partial charge in [-0.05, 0) is 24.8 Å². The number of likely N-dealkylation sites (tertiary alicyclic amines) is 1. The molecule has 0 saturated carbocycles. The summed E-state index contributed by atoms with van der Waals surface area (Å²) in [5.74, 6) is -2.44. The molecule has 1 heterocycles. The Morgan fingerprint density at radius 1 is 1.05 bits per heavy atom. The van der Waals surface area contributed by atoms with Crippen LogP contribution in [0.15, 0.2) is 30.3 Å². The molecule has 2 atom stereocenters. The third-order valence-corrected chi connectivity index (χ3v) is 3.61. The minimum absolute atomic E-state index is 0.0329. The SMILES string of the molecule is O=C(O)C1CCCC(C(=O)O)N1C(=O)OCc1ccccc1. The van der Waals surface area contributed by atoms with E-state index in [4.69, 9.17) is 4.74 Å². The molecule has 0 aromatic heterocycles. The lowest BCUT2D eigenvalue weighted by Gasteiger charge is -2.36. The average Bonchev–Trinajstić information content (AvgIpc) is 2.52. The van der Waals surface area contributed by atoms with Crippen LogP contribution in [0.5, 0.6) is 0 Å². The van der Waals surface area contributed by atoms with Gasteiger partial charge in [0.05, 0.1) is 0 Å². The van der Waals surface area contributed by atoms with Gasteiger partial charge < -0.3 is 14.9 Å². The van der Waals surface area contributed by atoms with Gasteiger partial charge in [0.1, 0.15) is 18.7 Å². The summed E-state index contributed by atoms with van der Waals surface area (Å²) in [6.07, 6.45) is -0.0291. The fourth-order valence-corrected chi connectivity index (χ4v) is 2.53. The monoisotopic (exact) mass is 307 g/mol. The molecule has 118 valence electrons. The van der Waals surface area contributed by atoms with Crippen LogP contribution in [0.3, 0.4) is 0 Å². The molecule has 1 fully saturated rings. The molecule has 1 aliphatic rings. The summed E-state index contributed by atoms with van der Waals surface area (Å²) in [6, 6.07) is 6.56. The molecule has 0 spiro atoms. The molecule has 1 aliphatic heterocycles. The van der Waals surface area contributed by atoms with Gasteiger partial charge in [0.15, 0.2) is 0 Å². The van der Waals surface area contributed by atoms with Gasteiger partial charge in [0, 0.05) is 0 Å². The molecular formula is C15H17NO6. The van der Waals surface area contributed by atoms with E-state index in [-0.39, 0.29) is 19.4 Å². The van der Waals surface area contributed by atoms with Crippen LogP contribution in [0.4, 0.5) is 4.79 Å². The van der Waals surface area contributed by atoms with Crippen molar-refractivity contribution >= 4 is 18.0 Å². The number of nitrogens with zero attached hydrogens (tertiary/aromatic N) is 1. The number of rotatable bonds is 4. The maximum Gasteiger partial charge on any atom is 0.411 e. The molecule has 7 heteroatoms. The van der Waals surface area contributed by atoms with E-state index in [9.17, 15) is 24.6 Å². The molecular weight excluding hydrogens is 290 g/mol. The van der Waals surface area contributed by atoms with Crippen molar-refractivity contribution in [2.45, 2.75) is 38.0 Å². The first-order valence-electron chi connectivity index (χ1n) is 6.95. The highest BCUT2D eigenvalue weighted by Gasteiger charge is 2.42. The summed E-state index contributed by atoms with van der Waals surface area (Å²) >= 11 is 0. The molecule has 2 unspecified atom stereocenters. The molecule has 1 amide bonds. The largest absolute Gasteiger partial charge is 0.480 e. The third-order valence-electron chi connectivity index (χ3n) is 3.61. The van der Waals surface area contributed by atoms with E-state index in [1.165, 1.54) is 0 Å². The third kappa shape index (κ3) is 3.55. The highest BCUT2D eigenvalue weighted by molar-refractivity contribution is 5.85. The summed E-state index contributed by atoms with van der Waals surface area (Å²) in [6.45, 7) is -0.0329. The van der Waals surface area contributed by atoms with E-state index in [1.807, 2.05) is 6.07 Å². The van der Waals surface area contributed by atoms with Crippen LogP contribution >= 0.6 is 0 Å². The molecule has 2 rings (SSSR count). The molecule has 1 aromatic carbocycles. The van der Waals surface area contributed by atoms with E-state index < -0.39 is 30.1 Å². The molecule has 1 aromatic rings. The number of carboxylic acid groups (broad SMARTS) is 2. The second-order valence-electron chi connectivity index (χ2n) is 5.09. The predicted molar refractivity (Wildman–Crippen MR) is 75.2 cm³/mol. The standard InChI is InChI=1S/C15H17NO6/c17-13(18)11-7-4-8-12(14(19)20)16(11)15(21)22-9-10-5-2-1-3-6-10/h1-3,5-6,11-12H,4,7-9H2,(H,17,18)(H,19,20). The summed E-state index contributed by atoms with van der Waals surface area (Å²) in [5.41, 5.74) is 0.742. The van der Waals surface area contributed by atoms with Crippen LogP contribution in [-0.2, 0) is 20.9 Å². The second-order valence-corrected chi connectivity index (χ2v) is 5.09. The van der Waals surface area contributed by atoms with E-state index in [1.54, 1.807) is 24.3 Å². The lowest BCUT2D eigenvalue weighted by atomic mass is 9.96. The van der Waals surface area contributed by atoms with E-state index in [2.05, 4.69) is 0 Å². The van der Waals surface area contributed by atoms with Crippen molar-refractivity contribution in [3.05, 3.63) is 35.9 Å². The first-order chi connectivity index (χ1) is 10.5. The number of piperidine rings is 1. The number of carbonyl (C=O) groups excluding carboxylic acids is 1. The number of carbonyl (C=O) groups is 3. The minimum Gasteiger partial charge on any atom is -0.480 e. The molecule has 0 radical (unpaired) electrons.